The zero-order valence-electron chi connectivity index (χ0n) is 12.0. The predicted octanol–water partition coefficient (Wildman–Crippen LogP) is 4.25. The standard InChI is InChI=1S/C15H19BrClN3/c1-4-13-15(16)14(20(3)19-13)9-18-10(2)11-7-5-6-8-12(11)17/h5-8,10,18H,4,9H2,1-3H3/t10-/m0/s1. The number of hydrogen-bond donors (Lipinski definition) is 1. The van der Waals surface area contributed by atoms with E-state index in [1.165, 1.54) is 0 Å². The molecule has 1 heterocycles. The first kappa shape index (κ1) is 15.5. The lowest BCUT2D eigenvalue weighted by Crippen LogP contribution is -2.20. The van der Waals surface area contributed by atoms with Crippen LogP contribution in [0.15, 0.2) is 28.7 Å². The molecule has 2 rings (SSSR count). The van der Waals surface area contributed by atoms with Crippen LogP contribution in [0.4, 0.5) is 0 Å². The molecule has 0 amide bonds. The normalized spacial score (nSPS) is 12.7. The van der Waals surface area contributed by atoms with Crippen molar-refractivity contribution in [2.24, 2.45) is 7.05 Å². The predicted molar refractivity (Wildman–Crippen MR) is 87.0 cm³/mol. The topological polar surface area (TPSA) is 29.9 Å². The molecular formula is C15H19BrClN3. The van der Waals surface area contributed by atoms with Crippen molar-refractivity contribution in [2.75, 3.05) is 0 Å². The van der Waals surface area contributed by atoms with Gasteiger partial charge in [0, 0.05) is 24.7 Å². The fourth-order valence-electron chi connectivity index (χ4n) is 2.20. The third kappa shape index (κ3) is 3.25. The monoisotopic (exact) mass is 355 g/mol. The van der Waals surface area contributed by atoms with Crippen LogP contribution in [-0.2, 0) is 20.0 Å². The first-order valence-corrected chi connectivity index (χ1v) is 7.89. The Balaban J connectivity index is 2.09. The average Bonchev–Trinajstić information content (AvgIpc) is 2.71. The van der Waals surface area contributed by atoms with E-state index in [9.17, 15) is 0 Å². The van der Waals surface area contributed by atoms with Crippen molar-refractivity contribution in [3.8, 4) is 0 Å². The average molecular weight is 357 g/mol. The summed E-state index contributed by atoms with van der Waals surface area (Å²) in [7, 11) is 1.97. The molecule has 108 valence electrons. The van der Waals surface area contributed by atoms with Gasteiger partial charge in [0.2, 0.25) is 0 Å². The van der Waals surface area contributed by atoms with Crippen molar-refractivity contribution >= 4 is 27.5 Å². The van der Waals surface area contributed by atoms with Crippen LogP contribution in [0.1, 0.15) is 36.8 Å². The van der Waals surface area contributed by atoms with Crippen molar-refractivity contribution in [1.82, 2.24) is 15.1 Å². The van der Waals surface area contributed by atoms with Crippen LogP contribution < -0.4 is 5.32 Å². The molecule has 0 fully saturated rings. The highest BCUT2D eigenvalue weighted by atomic mass is 79.9. The molecule has 0 saturated heterocycles. The molecule has 1 aromatic heterocycles. The summed E-state index contributed by atoms with van der Waals surface area (Å²) in [4.78, 5) is 0. The van der Waals surface area contributed by atoms with Gasteiger partial charge in [-0.25, -0.2) is 0 Å². The van der Waals surface area contributed by atoms with Crippen LogP contribution in [0.2, 0.25) is 5.02 Å². The zero-order valence-corrected chi connectivity index (χ0v) is 14.3. The third-order valence-electron chi connectivity index (χ3n) is 3.45. The molecule has 0 unspecified atom stereocenters. The summed E-state index contributed by atoms with van der Waals surface area (Å²) in [6, 6.07) is 8.12. The Hall–Kier alpha value is -0.840. The van der Waals surface area contributed by atoms with E-state index in [4.69, 9.17) is 11.6 Å². The van der Waals surface area contributed by atoms with Gasteiger partial charge in [-0.2, -0.15) is 5.10 Å². The Morgan fingerprint density at radius 1 is 1.40 bits per heavy atom. The van der Waals surface area contributed by atoms with Crippen LogP contribution in [0.3, 0.4) is 0 Å². The SMILES string of the molecule is CCc1nn(C)c(CN[C@@H](C)c2ccccc2Cl)c1Br. The number of rotatable bonds is 5. The molecule has 1 atom stereocenters. The highest BCUT2D eigenvalue weighted by Gasteiger charge is 2.14. The molecule has 20 heavy (non-hydrogen) atoms. The van der Waals surface area contributed by atoms with Crippen molar-refractivity contribution < 1.29 is 0 Å². The molecule has 0 spiro atoms. The number of aromatic nitrogens is 2. The quantitative estimate of drug-likeness (QED) is 0.868. The largest absolute Gasteiger partial charge is 0.304 e. The van der Waals surface area contributed by atoms with Crippen LogP contribution in [-0.4, -0.2) is 9.78 Å². The highest BCUT2D eigenvalue weighted by molar-refractivity contribution is 9.10. The number of halogens is 2. The van der Waals surface area contributed by atoms with E-state index in [0.29, 0.717) is 0 Å². The van der Waals surface area contributed by atoms with Gasteiger partial charge in [-0.3, -0.25) is 4.68 Å². The lowest BCUT2D eigenvalue weighted by Gasteiger charge is -2.16. The molecule has 0 bridgehead atoms. The fourth-order valence-corrected chi connectivity index (χ4v) is 3.25. The van der Waals surface area contributed by atoms with Crippen molar-refractivity contribution in [3.05, 3.63) is 50.7 Å². The van der Waals surface area contributed by atoms with Gasteiger partial charge in [0.05, 0.1) is 15.9 Å². The number of benzene rings is 1. The number of nitrogens with one attached hydrogen (secondary N) is 1. The lowest BCUT2D eigenvalue weighted by molar-refractivity contribution is 0.547. The molecule has 5 heteroatoms. The Labute approximate surface area is 133 Å². The fraction of sp³-hybridized carbons (Fsp3) is 0.400. The molecule has 0 aliphatic rings. The Morgan fingerprint density at radius 2 is 2.10 bits per heavy atom. The van der Waals surface area contributed by atoms with Crippen molar-refractivity contribution in [1.29, 1.82) is 0 Å². The number of aryl methyl sites for hydroxylation is 2. The summed E-state index contributed by atoms with van der Waals surface area (Å²) in [5, 5.41) is 8.80. The minimum Gasteiger partial charge on any atom is -0.304 e. The Morgan fingerprint density at radius 3 is 2.70 bits per heavy atom. The zero-order chi connectivity index (χ0) is 14.7. The van der Waals surface area contributed by atoms with Crippen molar-refractivity contribution in [2.45, 2.75) is 32.9 Å². The minimum atomic E-state index is 0.190. The molecule has 2 aromatic rings. The van der Waals surface area contributed by atoms with Gasteiger partial charge in [0.25, 0.3) is 0 Å². The molecular weight excluding hydrogens is 338 g/mol. The Bertz CT molecular complexity index is 595. The van der Waals surface area contributed by atoms with E-state index in [1.54, 1.807) is 0 Å². The van der Waals surface area contributed by atoms with Gasteiger partial charge in [-0.05, 0) is 40.9 Å². The third-order valence-corrected chi connectivity index (χ3v) is 4.71. The summed E-state index contributed by atoms with van der Waals surface area (Å²) in [6.45, 7) is 4.97. The highest BCUT2D eigenvalue weighted by Crippen LogP contribution is 2.25. The second kappa shape index (κ2) is 6.74. The van der Waals surface area contributed by atoms with Gasteiger partial charge in [-0.1, -0.05) is 36.7 Å². The van der Waals surface area contributed by atoms with Gasteiger partial charge in [0.15, 0.2) is 0 Å². The number of nitrogens with zero attached hydrogens (tertiary/aromatic N) is 2. The Kier molecular flexibility index (Phi) is 5.24. The number of hydrogen-bond acceptors (Lipinski definition) is 2. The van der Waals surface area contributed by atoms with Crippen LogP contribution >= 0.6 is 27.5 Å². The van der Waals surface area contributed by atoms with E-state index in [2.05, 4.69) is 46.3 Å². The molecule has 0 radical (unpaired) electrons. The van der Waals surface area contributed by atoms with Gasteiger partial charge < -0.3 is 5.32 Å². The van der Waals surface area contributed by atoms with E-state index in [1.807, 2.05) is 29.9 Å². The summed E-state index contributed by atoms with van der Waals surface area (Å²) in [5.41, 5.74) is 3.36. The van der Waals surface area contributed by atoms with E-state index >= 15 is 0 Å². The maximum absolute atomic E-state index is 6.22. The first-order chi connectivity index (χ1) is 9.54. The molecule has 3 nitrogen and oxygen atoms in total. The summed E-state index contributed by atoms with van der Waals surface area (Å²) in [5.74, 6) is 0. The van der Waals surface area contributed by atoms with Crippen LogP contribution in [0.25, 0.3) is 0 Å². The van der Waals surface area contributed by atoms with Gasteiger partial charge >= 0.3 is 0 Å². The minimum absolute atomic E-state index is 0.190. The molecule has 0 saturated carbocycles. The van der Waals surface area contributed by atoms with E-state index in [-0.39, 0.29) is 6.04 Å². The van der Waals surface area contributed by atoms with Crippen LogP contribution in [0.5, 0.6) is 0 Å². The molecule has 0 aliphatic carbocycles. The smallest absolute Gasteiger partial charge is 0.0767 e. The van der Waals surface area contributed by atoms with E-state index < -0.39 is 0 Å². The second-order valence-electron chi connectivity index (χ2n) is 4.81. The summed E-state index contributed by atoms with van der Waals surface area (Å²) >= 11 is 9.86. The first-order valence-electron chi connectivity index (χ1n) is 6.72. The van der Waals surface area contributed by atoms with Crippen LogP contribution in [0, 0.1) is 0 Å². The van der Waals surface area contributed by atoms with Gasteiger partial charge in [-0.15, -0.1) is 0 Å². The van der Waals surface area contributed by atoms with Crippen molar-refractivity contribution in [3.63, 3.8) is 0 Å². The molecule has 1 aromatic carbocycles. The molecule has 0 aliphatic heterocycles. The second-order valence-corrected chi connectivity index (χ2v) is 6.01. The summed E-state index contributed by atoms with van der Waals surface area (Å²) in [6.07, 6.45) is 0.925. The summed E-state index contributed by atoms with van der Waals surface area (Å²) < 4.78 is 3.02. The maximum Gasteiger partial charge on any atom is 0.0767 e. The molecule has 1 N–H and O–H groups in total. The van der Waals surface area contributed by atoms with E-state index in [0.717, 1.165) is 39.4 Å². The lowest BCUT2D eigenvalue weighted by atomic mass is 10.1. The van der Waals surface area contributed by atoms with Gasteiger partial charge in [0.1, 0.15) is 0 Å². The maximum atomic E-state index is 6.22.